The summed E-state index contributed by atoms with van der Waals surface area (Å²) in [7, 11) is 9.51. The van der Waals surface area contributed by atoms with Crippen LogP contribution >= 0.6 is 0 Å². The van der Waals surface area contributed by atoms with Crippen molar-refractivity contribution in [3.63, 3.8) is 0 Å². The van der Waals surface area contributed by atoms with Gasteiger partial charge in [-0.25, -0.2) is 14.4 Å². The fourth-order valence-electron chi connectivity index (χ4n) is 11.7. The van der Waals surface area contributed by atoms with Crippen LogP contribution in [-0.4, -0.2) is 185 Å². The van der Waals surface area contributed by atoms with Crippen molar-refractivity contribution >= 4 is 64.9 Å². The van der Waals surface area contributed by atoms with E-state index in [1.54, 1.807) is 68.9 Å². The molecule has 24 heteroatoms. The first-order chi connectivity index (χ1) is 43.6. The van der Waals surface area contributed by atoms with E-state index in [-0.39, 0.29) is 73.8 Å². The Morgan fingerprint density at radius 1 is 0.707 bits per heavy atom. The lowest BCUT2D eigenvalue weighted by atomic mass is 9.89. The number of primary amides is 1. The molecule has 0 saturated carbocycles. The van der Waals surface area contributed by atoms with Crippen molar-refractivity contribution in [3.05, 3.63) is 95.6 Å². The summed E-state index contributed by atoms with van der Waals surface area (Å²) in [6, 6.07) is 17.6. The highest BCUT2D eigenvalue weighted by Crippen LogP contribution is 2.30. The van der Waals surface area contributed by atoms with Gasteiger partial charge in [-0.2, -0.15) is 0 Å². The smallest absolute Gasteiger partial charge is 0.414 e. The molecule has 1 aliphatic rings. The second-order valence-electron chi connectivity index (χ2n) is 25.2. The number of anilines is 2. The monoisotopic (exact) mass is 1280 g/mol. The van der Waals surface area contributed by atoms with E-state index in [0.717, 1.165) is 11.1 Å². The Morgan fingerprint density at radius 3 is 1.90 bits per heavy atom. The Kier molecular flexibility index (Phi) is 31.5. The minimum Gasteiger partial charge on any atom is -0.467 e. The number of hydrogen-bond acceptors (Lipinski definition) is 15. The molecule has 9 N–H and O–H groups in total. The van der Waals surface area contributed by atoms with Crippen LogP contribution in [0.2, 0.25) is 0 Å². The quantitative estimate of drug-likeness (QED) is 0.0268. The summed E-state index contributed by atoms with van der Waals surface area (Å²) in [6.45, 7) is 18.2. The highest BCUT2D eigenvalue weighted by atomic mass is 16.6. The number of amides is 9. The summed E-state index contributed by atoms with van der Waals surface area (Å²) in [6.07, 6.45) is 1.25. The van der Waals surface area contributed by atoms with Crippen LogP contribution in [0.1, 0.15) is 118 Å². The van der Waals surface area contributed by atoms with Crippen LogP contribution in [0.5, 0.6) is 0 Å². The number of nitrogens with two attached hydrogens (primary N) is 2. The second-order valence-corrected chi connectivity index (χ2v) is 25.2. The number of hydrogen-bond donors (Lipinski definition) is 7. The maximum atomic E-state index is 14.8. The van der Waals surface area contributed by atoms with Crippen molar-refractivity contribution in [1.82, 2.24) is 36.0 Å². The van der Waals surface area contributed by atoms with Crippen LogP contribution in [0.25, 0.3) is 0 Å². The SMILES string of the molecule is CC[C@H](C)[C@@H]([C@@H](CC(=O)N1CCC[C@H]1[C@H](OC)[C@@H](C)C(=O)N[C@@H](Cc1ccccc1)C(=O)OC)OC)N(C)C(=O)[C@@H](NC(=O)[C@H](C(C)C)N(C)CCc1ccc(N(C)C(=O)OCc2ccc(NC(=O)[C@H](CCCNC(N)=O)NC(=O)[C@@H](N)C(C)C)cc2)cc1)C(C)C. The number of urea groups is 1. The minimum atomic E-state index is -0.932. The molecule has 9 amide bonds. The van der Waals surface area contributed by atoms with Crippen molar-refractivity contribution in [3.8, 4) is 0 Å². The van der Waals surface area contributed by atoms with Gasteiger partial charge in [-0.1, -0.05) is 123 Å². The van der Waals surface area contributed by atoms with Crippen molar-refractivity contribution in [2.75, 3.05) is 72.3 Å². The van der Waals surface area contributed by atoms with Crippen LogP contribution < -0.4 is 43.0 Å². The maximum Gasteiger partial charge on any atom is 0.414 e. The molecule has 0 unspecified atom stereocenters. The van der Waals surface area contributed by atoms with Gasteiger partial charge in [-0.3, -0.25) is 38.6 Å². The standard InChI is InChI=1S/C68H105N11O13/c1-16-44(8)59(54(89-13)39-55(80)79-36-21-25-53(79)60(90-14)45(9)61(81)74-52(66(86)91-15)38-47-22-18-17-19-23-47)78(12)65(85)57(42(4)5)75-64(84)58(43(6)7)76(10)37-34-46-28-32-50(33-29-46)77(11)68(88)92-40-48-26-30-49(31-27-48)72-62(82)51(24-20-35-71-67(70)87)73-63(83)56(69)41(2)3/h17-19,22-23,26-33,41-45,51-54,56-60H,16,20-21,24-25,34-40,69H2,1-15H3,(H,72,82)(H,73,83)(H,74,81)(H,75,84)(H3,70,71,87)/t44-,45+,51-,52-,53-,54+,56-,57-,58-,59-,60+/m0/s1. The third kappa shape index (κ3) is 22.6. The number of benzene rings is 3. The molecule has 1 aliphatic heterocycles. The fraction of sp³-hybridized carbons (Fsp3) is 0.603. The molecule has 24 nitrogen and oxygen atoms in total. The topological polar surface area (TPSA) is 316 Å². The Bertz CT molecular complexity index is 2860. The number of likely N-dealkylation sites (tertiary alicyclic amines) is 1. The average Bonchev–Trinajstić information content (AvgIpc) is 1.40. The van der Waals surface area contributed by atoms with Gasteiger partial charge in [0.1, 0.15) is 24.7 Å². The molecule has 3 aromatic carbocycles. The lowest BCUT2D eigenvalue weighted by Crippen LogP contribution is -2.60. The largest absolute Gasteiger partial charge is 0.467 e. The molecule has 510 valence electrons. The summed E-state index contributed by atoms with van der Waals surface area (Å²) in [5.41, 5.74) is 14.7. The Labute approximate surface area is 544 Å². The summed E-state index contributed by atoms with van der Waals surface area (Å²) in [5.74, 6) is -4.22. The number of esters is 1. The predicted octanol–water partition coefficient (Wildman–Crippen LogP) is 5.78. The summed E-state index contributed by atoms with van der Waals surface area (Å²) in [5, 5.41) is 14.0. The molecule has 1 saturated heterocycles. The van der Waals surface area contributed by atoms with Crippen LogP contribution in [-0.2, 0) is 72.0 Å². The first kappa shape index (κ1) is 76.8. The number of carbonyl (C=O) groups excluding carboxylic acids is 9. The number of rotatable bonds is 36. The molecule has 0 aromatic heterocycles. The molecular formula is C68H105N11O13. The van der Waals surface area contributed by atoms with Crippen molar-refractivity contribution in [1.29, 1.82) is 0 Å². The first-order valence-corrected chi connectivity index (χ1v) is 32.1. The normalized spacial score (nSPS) is 16.4. The zero-order valence-electron chi connectivity index (χ0n) is 56.8. The summed E-state index contributed by atoms with van der Waals surface area (Å²) >= 11 is 0. The lowest BCUT2D eigenvalue weighted by molar-refractivity contribution is -0.149. The molecule has 1 fully saturated rings. The van der Waals surface area contributed by atoms with E-state index in [1.807, 2.05) is 108 Å². The van der Waals surface area contributed by atoms with Gasteiger partial charge in [0.2, 0.25) is 35.4 Å². The Hall–Kier alpha value is -7.67. The van der Waals surface area contributed by atoms with E-state index in [2.05, 4.69) is 26.6 Å². The molecule has 11 atom stereocenters. The summed E-state index contributed by atoms with van der Waals surface area (Å²) in [4.78, 5) is 128. The van der Waals surface area contributed by atoms with Crippen molar-refractivity contribution in [2.24, 2.45) is 41.1 Å². The van der Waals surface area contributed by atoms with E-state index in [9.17, 15) is 43.2 Å². The molecular weight excluding hydrogens is 1180 g/mol. The number of ether oxygens (including phenoxy) is 4. The van der Waals surface area contributed by atoms with Crippen molar-refractivity contribution in [2.45, 2.75) is 175 Å². The first-order valence-electron chi connectivity index (χ1n) is 32.1. The molecule has 3 aromatic rings. The molecule has 0 aliphatic carbocycles. The average molecular weight is 1280 g/mol. The molecule has 4 rings (SSSR count). The van der Waals surface area contributed by atoms with Gasteiger partial charge in [-0.05, 0) is 104 Å². The van der Waals surface area contributed by atoms with Gasteiger partial charge in [0.15, 0.2) is 0 Å². The van der Waals surface area contributed by atoms with Crippen LogP contribution in [0, 0.1) is 29.6 Å². The molecule has 1 heterocycles. The zero-order chi connectivity index (χ0) is 68.5. The predicted molar refractivity (Wildman–Crippen MR) is 354 cm³/mol. The van der Waals surface area contributed by atoms with Gasteiger partial charge >= 0.3 is 18.1 Å². The fourth-order valence-corrected chi connectivity index (χ4v) is 11.7. The van der Waals surface area contributed by atoms with E-state index in [4.69, 9.17) is 30.4 Å². The number of nitrogens with zero attached hydrogens (tertiary/aromatic N) is 4. The number of methoxy groups -OCH3 is 3. The molecule has 92 heavy (non-hydrogen) atoms. The highest BCUT2D eigenvalue weighted by Gasteiger charge is 2.44. The van der Waals surface area contributed by atoms with Crippen LogP contribution in [0.4, 0.5) is 21.0 Å². The molecule has 0 radical (unpaired) electrons. The van der Waals surface area contributed by atoms with Crippen LogP contribution in [0.3, 0.4) is 0 Å². The molecule has 0 bridgehead atoms. The summed E-state index contributed by atoms with van der Waals surface area (Å²) < 4.78 is 22.8. The van der Waals surface area contributed by atoms with E-state index >= 15 is 0 Å². The number of carbonyl (C=O) groups is 9. The van der Waals surface area contributed by atoms with E-state index in [0.29, 0.717) is 62.1 Å². The number of likely N-dealkylation sites (N-methyl/N-ethyl adjacent to an activating group) is 2. The van der Waals surface area contributed by atoms with E-state index < -0.39 is 96.2 Å². The molecule has 0 spiro atoms. The van der Waals surface area contributed by atoms with E-state index in [1.165, 1.54) is 26.2 Å². The third-order valence-corrected chi connectivity index (χ3v) is 17.5. The Morgan fingerprint density at radius 2 is 1.34 bits per heavy atom. The Balaban J connectivity index is 1.35. The third-order valence-electron chi connectivity index (χ3n) is 17.5. The van der Waals surface area contributed by atoms with Gasteiger partial charge < -0.3 is 66.8 Å². The lowest BCUT2D eigenvalue weighted by Gasteiger charge is -2.41. The van der Waals surface area contributed by atoms with Gasteiger partial charge in [0, 0.05) is 65.7 Å². The van der Waals surface area contributed by atoms with Gasteiger partial charge in [0.25, 0.3) is 0 Å². The zero-order valence-corrected chi connectivity index (χ0v) is 56.8. The minimum absolute atomic E-state index is 0.0505. The van der Waals surface area contributed by atoms with Gasteiger partial charge in [0.05, 0.1) is 55.8 Å². The van der Waals surface area contributed by atoms with Gasteiger partial charge in [-0.15, -0.1) is 0 Å². The highest BCUT2D eigenvalue weighted by molar-refractivity contribution is 5.98. The number of nitrogens with one attached hydrogen (secondary N) is 5. The maximum absolute atomic E-state index is 14.8. The van der Waals surface area contributed by atoms with Crippen LogP contribution in [0.15, 0.2) is 78.9 Å². The second kappa shape index (κ2) is 37.7. The van der Waals surface area contributed by atoms with Crippen molar-refractivity contribution < 1.29 is 62.1 Å².